The maximum Gasteiger partial charge on any atom is -1.00 e. The van der Waals surface area contributed by atoms with E-state index >= 15 is 0 Å². The Hall–Kier alpha value is -0.279. The molecule has 0 fully saturated rings. The van der Waals surface area contributed by atoms with Gasteiger partial charge < -0.3 is 37.2 Å². The van der Waals surface area contributed by atoms with Crippen molar-refractivity contribution in [3.05, 3.63) is 80.3 Å². The maximum absolute atomic E-state index is 2.57. The normalized spacial score (nSPS) is 18.8. The van der Waals surface area contributed by atoms with Crippen LogP contribution in [0.1, 0.15) is 38.8 Å². The molecule has 3 rings (SSSR count). The second-order valence-corrected chi connectivity index (χ2v) is 13.4. The summed E-state index contributed by atoms with van der Waals surface area (Å²) in [5.74, 6) is 0. The molecule has 0 bridgehead atoms. The number of hydrogen-bond donors (Lipinski definition) is 0. The van der Waals surface area contributed by atoms with Crippen LogP contribution in [-0.4, -0.2) is 8.07 Å². The fraction of sp³-hybridized carbons (Fsp3) is 0.333. The third kappa shape index (κ3) is 4.38. The third-order valence-electron chi connectivity index (χ3n) is 7.01. The van der Waals surface area contributed by atoms with E-state index in [0.717, 1.165) is 0 Å². The quantitative estimate of drug-likeness (QED) is 0.384. The first kappa shape index (κ1) is 28.7. The van der Waals surface area contributed by atoms with Crippen molar-refractivity contribution in [2.24, 2.45) is 0 Å². The van der Waals surface area contributed by atoms with Crippen LogP contribution in [0.3, 0.4) is 0 Å². The van der Waals surface area contributed by atoms with Crippen LogP contribution in [0.15, 0.2) is 69.1 Å². The molecule has 0 radical (unpaired) electrons. The fourth-order valence-electron chi connectivity index (χ4n) is 4.55. The van der Waals surface area contributed by atoms with Crippen molar-refractivity contribution in [1.29, 1.82) is 0 Å². The molecule has 1 aliphatic rings. The summed E-state index contributed by atoms with van der Waals surface area (Å²) in [6.07, 6.45) is 0. The molecular formula is C24H29Cl3SiTi. The van der Waals surface area contributed by atoms with Gasteiger partial charge in [0.25, 0.3) is 0 Å². The van der Waals surface area contributed by atoms with Gasteiger partial charge in [-0.3, -0.25) is 0 Å². The van der Waals surface area contributed by atoms with Crippen LogP contribution in [0.5, 0.6) is 0 Å². The zero-order valence-electron chi connectivity index (χ0n) is 18.3. The fourth-order valence-corrected chi connectivity index (χ4v) is 11.1. The minimum absolute atomic E-state index is 0. The van der Waals surface area contributed by atoms with Crippen LogP contribution in [0.2, 0.25) is 11.6 Å². The van der Waals surface area contributed by atoms with E-state index in [-0.39, 0.29) is 42.3 Å². The van der Waals surface area contributed by atoms with E-state index in [1.807, 2.05) is 0 Å². The second kappa shape index (κ2) is 10.4. The van der Waals surface area contributed by atoms with Crippen molar-refractivity contribution in [1.82, 2.24) is 0 Å². The minimum Gasteiger partial charge on any atom is -1.00 e. The number of rotatable bonds is 3. The van der Waals surface area contributed by atoms with Gasteiger partial charge in [-0.25, -0.2) is 0 Å². The second-order valence-electron chi connectivity index (χ2n) is 8.23. The average molecular weight is 500 g/mol. The Bertz CT molecular complexity index is 843. The van der Waals surface area contributed by atoms with Gasteiger partial charge in [-0.15, -0.1) is 0 Å². The smallest absolute Gasteiger partial charge is 1.00 e. The zero-order valence-corrected chi connectivity index (χ0v) is 23.1. The summed E-state index contributed by atoms with van der Waals surface area (Å²) in [7, 11) is -2.06. The van der Waals surface area contributed by atoms with Gasteiger partial charge in [-0.05, 0) is 0 Å². The van der Waals surface area contributed by atoms with Gasteiger partial charge in [0.2, 0.25) is 0 Å². The minimum atomic E-state index is -2.06. The van der Waals surface area contributed by atoms with Crippen LogP contribution < -0.4 is 47.6 Å². The molecule has 1 aliphatic carbocycles. The Labute approximate surface area is 208 Å². The van der Waals surface area contributed by atoms with Crippen molar-refractivity contribution in [3.63, 3.8) is 0 Å². The van der Waals surface area contributed by atoms with E-state index in [1.54, 1.807) is 9.45 Å². The first-order valence-electron chi connectivity index (χ1n) is 9.39. The largest absolute Gasteiger partial charge is 1.00 e. The molecule has 0 heterocycles. The predicted octanol–water partition coefficient (Wildman–Crippen LogP) is -3.56. The molecule has 2 aromatic carbocycles. The van der Waals surface area contributed by atoms with Crippen LogP contribution in [0.25, 0.3) is 0 Å². The number of halogens is 3. The number of benzene rings is 2. The molecular weight excluding hydrogens is 471 g/mol. The molecule has 2 aromatic rings. The van der Waals surface area contributed by atoms with Gasteiger partial charge in [0, 0.05) is 0 Å². The molecule has 0 N–H and O–H groups in total. The number of allylic oxidation sites excluding steroid dienone is 4. The summed E-state index contributed by atoms with van der Waals surface area (Å²) in [6, 6.07) is 18.7. The van der Waals surface area contributed by atoms with E-state index in [4.69, 9.17) is 0 Å². The Morgan fingerprint density at radius 3 is 1.28 bits per heavy atom. The van der Waals surface area contributed by atoms with Crippen molar-refractivity contribution in [3.8, 4) is 0 Å². The van der Waals surface area contributed by atoms with Crippen molar-refractivity contribution < 1.29 is 57.7 Å². The van der Waals surface area contributed by atoms with Crippen LogP contribution in [0, 0.1) is 13.8 Å². The Morgan fingerprint density at radius 1 is 0.655 bits per heavy atom. The molecule has 0 spiro atoms. The molecule has 1 atom stereocenters. The summed E-state index contributed by atoms with van der Waals surface area (Å²) >= 11 is 2.36. The van der Waals surface area contributed by atoms with E-state index in [1.165, 1.54) is 32.6 Å². The first-order valence-corrected chi connectivity index (χ1v) is 12.7. The first-order chi connectivity index (χ1) is 12.1. The van der Waals surface area contributed by atoms with Gasteiger partial charge >= 0.3 is 172 Å². The topological polar surface area (TPSA) is 0 Å². The van der Waals surface area contributed by atoms with Crippen molar-refractivity contribution in [2.75, 3.05) is 0 Å². The number of hydrogen-bond acceptors (Lipinski definition) is 0. The van der Waals surface area contributed by atoms with Gasteiger partial charge in [-0.1, -0.05) is 0 Å². The molecule has 0 amide bonds. The molecule has 0 saturated heterocycles. The summed E-state index contributed by atoms with van der Waals surface area (Å²) in [5, 5.41) is 3.15. The standard InChI is InChI=1S/C24H29Si.3ClH.Ti/c1-17-8-12-22(13-9-17)25(7,23-14-10-18(2)11-15-23)24(6)16-19(3)20(4)21(24)5;;;;/h8-15H,1-7H3;3*1H;/q;;;;+3/p-3. The predicted molar refractivity (Wildman–Crippen MR) is 113 cm³/mol. The van der Waals surface area contributed by atoms with E-state index in [2.05, 4.69) is 117 Å². The number of aryl methyl sites for hydroxylation is 2. The summed E-state index contributed by atoms with van der Waals surface area (Å²) in [5.41, 5.74) is 7.20. The van der Waals surface area contributed by atoms with Gasteiger partial charge in [0.05, 0.1) is 0 Å². The Kier molecular flexibility index (Phi) is 10.3. The Balaban J connectivity index is 0.00000261. The van der Waals surface area contributed by atoms with E-state index < -0.39 is 8.07 Å². The van der Waals surface area contributed by atoms with Crippen LogP contribution in [-0.2, 0) is 20.4 Å². The maximum atomic E-state index is 2.57. The van der Waals surface area contributed by atoms with Gasteiger partial charge in [0.1, 0.15) is 0 Å². The summed E-state index contributed by atoms with van der Waals surface area (Å²) < 4.78 is 1.56. The van der Waals surface area contributed by atoms with Crippen LogP contribution >= 0.6 is 0 Å². The summed E-state index contributed by atoms with van der Waals surface area (Å²) in [6.45, 7) is 16.4. The van der Waals surface area contributed by atoms with Crippen LogP contribution in [0.4, 0.5) is 0 Å². The van der Waals surface area contributed by atoms with E-state index in [9.17, 15) is 0 Å². The van der Waals surface area contributed by atoms with Gasteiger partial charge in [0.15, 0.2) is 0 Å². The van der Waals surface area contributed by atoms with Crippen molar-refractivity contribution in [2.45, 2.75) is 53.1 Å². The zero-order chi connectivity index (χ0) is 19.3. The Morgan fingerprint density at radius 2 is 1.00 bits per heavy atom. The molecule has 154 valence electrons. The van der Waals surface area contributed by atoms with Gasteiger partial charge in [-0.2, -0.15) is 0 Å². The molecule has 1 unspecified atom stereocenters. The third-order valence-corrected chi connectivity index (χ3v) is 14.4. The molecule has 0 aromatic heterocycles. The summed E-state index contributed by atoms with van der Waals surface area (Å²) in [4.78, 5) is 0. The molecule has 0 saturated carbocycles. The van der Waals surface area contributed by atoms with Crippen molar-refractivity contribution >= 4 is 18.4 Å². The molecule has 0 aliphatic heterocycles. The van der Waals surface area contributed by atoms with E-state index in [0.29, 0.717) is 0 Å². The SMILES string of the molecule is CC1=C(C)C(C)([Si](C)(c2ccc(C)cc2)c2ccc(C)cc2)[C]([Ti+3])=C1C.[Cl-].[Cl-].[Cl-]. The molecule has 29 heavy (non-hydrogen) atoms. The molecule has 5 heteroatoms. The average Bonchev–Trinajstić information content (AvgIpc) is 2.78. The molecule has 0 nitrogen and oxygen atoms in total. The monoisotopic (exact) mass is 498 g/mol.